The number of hydrogen-bond donors (Lipinski definition) is 4. The number of nitrogens with one attached hydrogen (secondary N) is 3. The van der Waals surface area contributed by atoms with Crippen LogP contribution in [0.4, 0.5) is 17.5 Å². The second-order valence-electron chi connectivity index (χ2n) is 7.00. The molecule has 0 aliphatic heterocycles. The van der Waals surface area contributed by atoms with Gasteiger partial charge in [-0.25, -0.2) is 18.4 Å². The molecule has 0 radical (unpaired) electrons. The van der Waals surface area contributed by atoms with E-state index in [-0.39, 0.29) is 17.5 Å². The van der Waals surface area contributed by atoms with E-state index in [1.807, 2.05) is 30.3 Å². The number of anilines is 3. The minimum Gasteiger partial charge on any atom is -0.394 e. The van der Waals surface area contributed by atoms with E-state index in [0.717, 1.165) is 11.8 Å². The molecule has 0 bridgehead atoms. The Balaban J connectivity index is 1.65. The maximum atomic E-state index is 11.7. The summed E-state index contributed by atoms with van der Waals surface area (Å²) in [7, 11) is -3.28. The topological polar surface area (TPSA) is 146 Å². The minimum absolute atomic E-state index is 0.153. The second-order valence-corrected chi connectivity index (χ2v) is 9.02. The Morgan fingerprint density at radius 1 is 1.06 bits per heavy atom. The number of aliphatic hydroxyl groups is 1. The first kappa shape index (κ1) is 21.4. The van der Waals surface area contributed by atoms with Gasteiger partial charge in [-0.05, 0) is 29.8 Å². The fraction of sp³-hybridized carbons (Fsp3) is 0.143. The van der Waals surface area contributed by atoms with Crippen molar-refractivity contribution in [3.05, 3.63) is 72.7 Å². The molecule has 0 fully saturated rings. The summed E-state index contributed by atoms with van der Waals surface area (Å²) in [4.78, 5) is 13.3. The average molecular weight is 452 g/mol. The second kappa shape index (κ2) is 9.12. The van der Waals surface area contributed by atoms with Crippen LogP contribution in [0.25, 0.3) is 11.4 Å². The highest BCUT2D eigenvalue weighted by molar-refractivity contribution is 7.90. The Morgan fingerprint density at radius 3 is 2.44 bits per heavy atom. The SMILES string of the molecule is CS(=O)(=O)c1ccc(Nc2ncc(-c3ncn[nH]3)c(N[C@H](CO)c3ccccc3)n2)cc1. The van der Waals surface area contributed by atoms with Crippen molar-refractivity contribution >= 4 is 27.3 Å². The van der Waals surface area contributed by atoms with E-state index in [9.17, 15) is 13.5 Å². The summed E-state index contributed by atoms with van der Waals surface area (Å²) in [6, 6.07) is 15.4. The molecule has 0 aliphatic carbocycles. The van der Waals surface area contributed by atoms with Crippen LogP contribution in [0.15, 0.2) is 72.0 Å². The molecule has 4 aromatic rings. The van der Waals surface area contributed by atoms with E-state index < -0.39 is 15.9 Å². The van der Waals surface area contributed by atoms with E-state index in [1.54, 1.807) is 18.3 Å². The van der Waals surface area contributed by atoms with E-state index in [2.05, 4.69) is 35.8 Å². The highest BCUT2D eigenvalue weighted by Crippen LogP contribution is 2.28. The highest BCUT2D eigenvalue weighted by Gasteiger charge is 2.17. The van der Waals surface area contributed by atoms with Crippen molar-refractivity contribution < 1.29 is 13.5 Å². The van der Waals surface area contributed by atoms with Crippen molar-refractivity contribution in [2.45, 2.75) is 10.9 Å². The molecule has 0 amide bonds. The molecule has 0 spiro atoms. The third-order valence-corrected chi connectivity index (χ3v) is 5.82. The van der Waals surface area contributed by atoms with Crippen LogP contribution in [-0.4, -0.2) is 51.5 Å². The molecule has 4 N–H and O–H groups in total. The maximum Gasteiger partial charge on any atom is 0.229 e. The van der Waals surface area contributed by atoms with Crippen LogP contribution in [0.5, 0.6) is 0 Å². The monoisotopic (exact) mass is 451 g/mol. The van der Waals surface area contributed by atoms with Gasteiger partial charge in [0.15, 0.2) is 15.7 Å². The Morgan fingerprint density at radius 2 is 1.81 bits per heavy atom. The molecular weight excluding hydrogens is 430 g/mol. The van der Waals surface area contributed by atoms with Gasteiger partial charge in [-0.2, -0.15) is 10.1 Å². The molecule has 11 heteroatoms. The smallest absolute Gasteiger partial charge is 0.229 e. The first-order chi connectivity index (χ1) is 15.4. The van der Waals surface area contributed by atoms with Gasteiger partial charge in [0.2, 0.25) is 5.95 Å². The highest BCUT2D eigenvalue weighted by atomic mass is 32.2. The fourth-order valence-corrected chi connectivity index (χ4v) is 3.69. The summed E-state index contributed by atoms with van der Waals surface area (Å²) in [5, 5.41) is 22.9. The van der Waals surface area contributed by atoms with Crippen molar-refractivity contribution in [1.29, 1.82) is 0 Å². The van der Waals surface area contributed by atoms with Crippen molar-refractivity contribution in [3.8, 4) is 11.4 Å². The maximum absolute atomic E-state index is 11.7. The quantitative estimate of drug-likeness (QED) is 0.317. The third kappa shape index (κ3) is 4.90. The lowest BCUT2D eigenvalue weighted by atomic mass is 10.1. The van der Waals surface area contributed by atoms with Crippen LogP contribution >= 0.6 is 0 Å². The lowest BCUT2D eigenvalue weighted by molar-refractivity contribution is 0.276. The zero-order chi connectivity index (χ0) is 22.6. The van der Waals surface area contributed by atoms with Gasteiger partial charge in [0.25, 0.3) is 0 Å². The first-order valence-corrected chi connectivity index (χ1v) is 11.6. The van der Waals surface area contributed by atoms with Crippen LogP contribution in [0, 0.1) is 0 Å². The summed E-state index contributed by atoms with van der Waals surface area (Å²) < 4.78 is 23.3. The summed E-state index contributed by atoms with van der Waals surface area (Å²) >= 11 is 0. The molecule has 10 nitrogen and oxygen atoms in total. The zero-order valence-electron chi connectivity index (χ0n) is 17.1. The van der Waals surface area contributed by atoms with Gasteiger partial charge in [0, 0.05) is 18.1 Å². The third-order valence-electron chi connectivity index (χ3n) is 4.69. The predicted octanol–water partition coefficient (Wildman–Crippen LogP) is 2.55. The van der Waals surface area contributed by atoms with Gasteiger partial charge in [-0.3, -0.25) is 5.10 Å². The lowest BCUT2D eigenvalue weighted by Gasteiger charge is -2.19. The number of H-pyrrole nitrogens is 1. The summed E-state index contributed by atoms with van der Waals surface area (Å²) in [6.45, 7) is -0.153. The molecule has 2 aromatic heterocycles. The molecule has 1 atom stereocenters. The molecule has 164 valence electrons. The molecule has 2 aromatic carbocycles. The largest absolute Gasteiger partial charge is 0.394 e. The Labute approximate surface area is 184 Å². The number of aromatic amines is 1. The van der Waals surface area contributed by atoms with Gasteiger partial charge in [0.05, 0.1) is 23.1 Å². The van der Waals surface area contributed by atoms with E-state index in [0.29, 0.717) is 22.9 Å². The van der Waals surface area contributed by atoms with E-state index in [1.165, 1.54) is 18.5 Å². The Bertz CT molecular complexity index is 1280. The summed E-state index contributed by atoms with van der Waals surface area (Å²) in [6.07, 6.45) is 4.13. The number of hydrogen-bond acceptors (Lipinski definition) is 9. The van der Waals surface area contributed by atoms with E-state index >= 15 is 0 Å². The lowest BCUT2D eigenvalue weighted by Crippen LogP contribution is -2.17. The Kier molecular flexibility index (Phi) is 6.10. The summed E-state index contributed by atoms with van der Waals surface area (Å²) in [5.74, 6) is 1.20. The van der Waals surface area contributed by atoms with Crippen LogP contribution in [0.2, 0.25) is 0 Å². The minimum atomic E-state index is -3.28. The molecule has 0 unspecified atom stereocenters. The molecule has 0 aliphatic rings. The molecule has 32 heavy (non-hydrogen) atoms. The van der Waals surface area contributed by atoms with Crippen LogP contribution < -0.4 is 10.6 Å². The number of aliphatic hydroxyl groups excluding tert-OH is 1. The van der Waals surface area contributed by atoms with Gasteiger partial charge in [-0.1, -0.05) is 30.3 Å². The number of aromatic nitrogens is 5. The van der Waals surface area contributed by atoms with Gasteiger partial charge >= 0.3 is 0 Å². The average Bonchev–Trinajstić information content (AvgIpc) is 3.33. The van der Waals surface area contributed by atoms with Crippen molar-refractivity contribution in [3.63, 3.8) is 0 Å². The molecule has 0 saturated heterocycles. The van der Waals surface area contributed by atoms with Gasteiger partial charge in [-0.15, -0.1) is 0 Å². The fourth-order valence-electron chi connectivity index (χ4n) is 3.06. The van der Waals surface area contributed by atoms with Crippen molar-refractivity contribution in [1.82, 2.24) is 25.1 Å². The van der Waals surface area contributed by atoms with Crippen LogP contribution in [-0.2, 0) is 9.84 Å². The number of nitrogens with zero attached hydrogens (tertiary/aromatic N) is 4. The predicted molar refractivity (Wildman–Crippen MR) is 120 cm³/mol. The Hall–Kier alpha value is -3.83. The van der Waals surface area contributed by atoms with Crippen LogP contribution in [0.3, 0.4) is 0 Å². The van der Waals surface area contributed by atoms with Gasteiger partial charge in [0.1, 0.15) is 12.1 Å². The molecule has 2 heterocycles. The number of rotatable bonds is 8. The molecule has 0 saturated carbocycles. The van der Waals surface area contributed by atoms with E-state index in [4.69, 9.17) is 0 Å². The standard InChI is InChI=1S/C21H21N7O3S/c1-32(30,31)16-9-7-15(8-10-16)25-21-22-11-17(19-23-13-24-28-19)20(27-21)26-18(12-29)14-5-3-2-4-6-14/h2-11,13,18,29H,12H2,1H3,(H,23,24,28)(H2,22,25,26,27)/t18-/m1/s1. The first-order valence-electron chi connectivity index (χ1n) is 9.66. The zero-order valence-corrected chi connectivity index (χ0v) is 17.9. The molecular formula is C21H21N7O3S. The summed E-state index contributed by atoms with van der Waals surface area (Å²) in [5.41, 5.74) is 2.09. The normalized spacial score (nSPS) is 12.3. The van der Waals surface area contributed by atoms with Crippen LogP contribution in [0.1, 0.15) is 11.6 Å². The van der Waals surface area contributed by atoms with Gasteiger partial charge < -0.3 is 15.7 Å². The van der Waals surface area contributed by atoms with Crippen molar-refractivity contribution in [2.75, 3.05) is 23.5 Å². The number of benzene rings is 2. The van der Waals surface area contributed by atoms with Crippen molar-refractivity contribution in [2.24, 2.45) is 0 Å². The number of sulfone groups is 1. The molecule has 4 rings (SSSR count).